The molecule has 1 rings (SSSR count). The molecule has 0 aromatic heterocycles. The third kappa shape index (κ3) is 3.04. The van der Waals surface area contributed by atoms with Crippen LogP contribution >= 0.6 is 0 Å². The Hall–Kier alpha value is -1.59. The predicted molar refractivity (Wildman–Crippen MR) is 51.9 cm³/mol. The highest BCUT2D eigenvalue weighted by Crippen LogP contribution is 2.09. The molecule has 0 aliphatic carbocycles. The lowest BCUT2D eigenvalue weighted by atomic mass is 10.2. The minimum atomic E-state index is -0.267. The highest BCUT2D eigenvalue weighted by atomic mass is 17.1. The molecule has 0 aliphatic heterocycles. The molecule has 2 amide bonds. The topological polar surface area (TPSA) is 70.6 Å². The van der Waals surface area contributed by atoms with E-state index in [0.29, 0.717) is 5.69 Å². The second kappa shape index (κ2) is 5.21. The minimum absolute atomic E-state index is 0.139. The van der Waals surface area contributed by atoms with Gasteiger partial charge in [0, 0.05) is 12.7 Å². The Labute approximate surface area is 81.6 Å². The highest BCUT2D eigenvalue weighted by Gasteiger charge is 1.98. The molecule has 0 saturated carbocycles. The van der Waals surface area contributed by atoms with E-state index in [1.165, 1.54) is 0 Å². The molecule has 1 aromatic carbocycles. The van der Waals surface area contributed by atoms with Crippen LogP contribution in [0.15, 0.2) is 24.3 Å². The molecule has 0 bridgehead atoms. The zero-order chi connectivity index (χ0) is 10.4. The van der Waals surface area contributed by atoms with Crippen LogP contribution in [0.2, 0.25) is 0 Å². The SMILES string of the molecule is CNC(=O)Nc1ccc(COO)cc1. The summed E-state index contributed by atoms with van der Waals surface area (Å²) in [7, 11) is 1.54. The van der Waals surface area contributed by atoms with Crippen molar-refractivity contribution in [3.63, 3.8) is 0 Å². The number of urea groups is 1. The van der Waals surface area contributed by atoms with Gasteiger partial charge < -0.3 is 10.6 Å². The van der Waals surface area contributed by atoms with Crippen LogP contribution in [0.25, 0.3) is 0 Å². The van der Waals surface area contributed by atoms with Gasteiger partial charge in [0.1, 0.15) is 6.61 Å². The lowest BCUT2D eigenvalue weighted by Crippen LogP contribution is -2.24. The van der Waals surface area contributed by atoms with Gasteiger partial charge in [-0.05, 0) is 17.7 Å². The van der Waals surface area contributed by atoms with Crippen LogP contribution in [0.1, 0.15) is 5.56 Å². The number of hydrogen-bond acceptors (Lipinski definition) is 3. The van der Waals surface area contributed by atoms with E-state index in [9.17, 15) is 4.79 Å². The number of nitrogens with one attached hydrogen (secondary N) is 2. The van der Waals surface area contributed by atoms with Gasteiger partial charge >= 0.3 is 6.03 Å². The van der Waals surface area contributed by atoms with Gasteiger partial charge in [0.25, 0.3) is 0 Å². The van der Waals surface area contributed by atoms with Crippen molar-refractivity contribution in [3.05, 3.63) is 29.8 Å². The Bertz CT molecular complexity index is 297. The van der Waals surface area contributed by atoms with Crippen molar-refractivity contribution in [3.8, 4) is 0 Å². The molecule has 14 heavy (non-hydrogen) atoms. The minimum Gasteiger partial charge on any atom is -0.341 e. The van der Waals surface area contributed by atoms with E-state index in [4.69, 9.17) is 5.26 Å². The number of benzene rings is 1. The van der Waals surface area contributed by atoms with Crippen molar-refractivity contribution >= 4 is 11.7 Å². The summed E-state index contributed by atoms with van der Waals surface area (Å²) in [5.41, 5.74) is 1.51. The van der Waals surface area contributed by atoms with Gasteiger partial charge in [-0.25, -0.2) is 9.68 Å². The zero-order valence-electron chi connectivity index (χ0n) is 7.78. The molecule has 0 atom stereocenters. The molecule has 0 spiro atoms. The number of hydrogen-bond donors (Lipinski definition) is 3. The summed E-state index contributed by atoms with van der Waals surface area (Å²) in [6.45, 7) is 0.139. The first-order valence-corrected chi connectivity index (χ1v) is 4.10. The number of carbonyl (C=O) groups is 1. The molecule has 5 heteroatoms. The zero-order valence-corrected chi connectivity index (χ0v) is 7.78. The van der Waals surface area contributed by atoms with Gasteiger partial charge in [-0.15, -0.1) is 0 Å². The van der Waals surface area contributed by atoms with E-state index in [1.807, 2.05) is 0 Å². The van der Waals surface area contributed by atoms with E-state index >= 15 is 0 Å². The van der Waals surface area contributed by atoms with E-state index in [0.717, 1.165) is 5.56 Å². The van der Waals surface area contributed by atoms with E-state index in [1.54, 1.807) is 31.3 Å². The van der Waals surface area contributed by atoms with Crippen LogP contribution in [0, 0.1) is 0 Å². The van der Waals surface area contributed by atoms with Crippen LogP contribution < -0.4 is 10.6 Å². The summed E-state index contributed by atoms with van der Waals surface area (Å²) in [5, 5.41) is 13.2. The van der Waals surface area contributed by atoms with Crippen molar-refractivity contribution in [1.29, 1.82) is 0 Å². The normalized spacial score (nSPS) is 9.57. The maximum absolute atomic E-state index is 10.9. The van der Waals surface area contributed by atoms with Crippen LogP contribution in [-0.4, -0.2) is 18.3 Å². The molecule has 0 aliphatic rings. The van der Waals surface area contributed by atoms with Crippen LogP contribution in [0.5, 0.6) is 0 Å². The third-order valence-corrected chi connectivity index (χ3v) is 1.67. The Balaban J connectivity index is 2.59. The fourth-order valence-corrected chi connectivity index (χ4v) is 0.952. The Morgan fingerprint density at radius 2 is 2.07 bits per heavy atom. The molecule has 0 fully saturated rings. The van der Waals surface area contributed by atoms with Crippen LogP contribution in [0.4, 0.5) is 10.5 Å². The molecular formula is C9H12N2O3. The second-order valence-electron chi connectivity index (χ2n) is 2.67. The Morgan fingerprint density at radius 1 is 1.43 bits per heavy atom. The van der Waals surface area contributed by atoms with Crippen molar-refractivity contribution in [1.82, 2.24) is 5.32 Å². The predicted octanol–water partition coefficient (Wildman–Crippen LogP) is 1.43. The van der Waals surface area contributed by atoms with Gasteiger partial charge in [0.15, 0.2) is 0 Å². The molecule has 0 saturated heterocycles. The maximum atomic E-state index is 10.9. The van der Waals surface area contributed by atoms with Gasteiger partial charge in [-0.1, -0.05) is 12.1 Å². The molecule has 5 nitrogen and oxygen atoms in total. The Kier molecular flexibility index (Phi) is 3.90. The first kappa shape index (κ1) is 10.5. The van der Waals surface area contributed by atoms with Crippen molar-refractivity contribution in [2.24, 2.45) is 0 Å². The van der Waals surface area contributed by atoms with Crippen LogP contribution in [-0.2, 0) is 11.5 Å². The fraction of sp³-hybridized carbons (Fsp3) is 0.222. The summed E-state index contributed by atoms with van der Waals surface area (Å²) in [6.07, 6.45) is 0. The molecular weight excluding hydrogens is 184 g/mol. The first-order chi connectivity index (χ1) is 6.76. The molecule has 0 radical (unpaired) electrons. The summed E-state index contributed by atoms with van der Waals surface area (Å²) in [5.74, 6) is 0. The summed E-state index contributed by atoms with van der Waals surface area (Å²) in [6, 6.07) is 6.69. The lowest BCUT2D eigenvalue weighted by molar-refractivity contribution is -0.253. The molecule has 76 valence electrons. The number of amides is 2. The largest absolute Gasteiger partial charge is 0.341 e. The van der Waals surface area contributed by atoms with Gasteiger partial charge in [0.2, 0.25) is 0 Å². The molecule has 1 aromatic rings. The maximum Gasteiger partial charge on any atom is 0.318 e. The molecule has 0 heterocycles. The van der Waals surface area contributed by atoms with Crippen molar-refractivity contribution in [2.75, 3.05) is 12.4 Å². The number of carbonyl (C=O) groups excluding carboxylic acids is 1. The summed E-state index contributed by atoms with van der Waals surface area (Å²) < 4.78 is 0. The van der Waals surface area contributed by atoms with Gasteiger partial charge in [-0.2, -0.15) is 0 Å². The molecule has 0 unspecified atom stereocenters. The third-order valence-electron chi connectivity index (χ3n) is 1.67. The second-order valence-corrected chi connectivity index (χ2v) is 2.67. The summed E-state index contributed by atoms with van der Waals surface area (Å²) in [4.78, 5) is 14.9. The first-order valence-electron chi connectivity index (χ1n) is 4.10. The number of rotatable bonds is 3. The van der Waals surface area contributed by atoms with E-state index in [2.05, 4.69) is 15.5 Å². The molecule has 3 N–H and O–H groups in total. The average molecular weight is 196 g/mol. The highest BCUT2D eigenvalue weighted by molar-refractivity contribution is 5.88. The quantitative estimate of drug-likeness (QED) is 0.506. The smallest absolute Gasteiger partial charge is 0.318 e. The summed E-state index contributed by atoms with van der Waals surface area (Å²) >= 11 is 0. The van der Waals surface area contributed by atoms with Crippen molar-refractivity contribution in [2.45, 2.75) is 6.61 Å². The monoisotopic (exact) mass is 196 g/mol. The number of anilines is 1. The van der Waals surface area contributed by atoms with E-state index in [-0.39, 0.29) is 12.6 Å². The van der Waals surface area contributed by atoms with Gasteiger partial charge in [-0.3, -0.25) is 5.26 Å². The van der Waals surface area contributed by atoms with E-state index < -0.39 is 0 Å². The standard InChI is InChI=1S/C9H12N2O3/c1-10-9(12)11-8-4-2-7(3-5-8)6-14-13/h2-5,13H,6H2,1H3,(H2,10,11,12). The lowest BCUT2D eigenvalue weighted by Gasteiger charge is -2.04. The Morgan fingerprint density at radius 3 is 2.57 bits per heavy atom. The van der Waals surface area contributed by atoms with Crippen molar-refractivity contribution < 1.29 is 14.9 Å². The van der Waals surface area contributed by atoms with Gasteiger partial charge in [0.05, 0.1) is 0 Å². The fourth-order valence-electron chi connectivity index (χ4n) is 0.952. The van der Waals surface area contributed by atoms with Crippen LogP contribution in [0.3, 0.4) is 0 Å². The average Bonchev–Trinajstić information content (AvgIpc) is 2.21.